The summed E-state index contributed by atoms with van der Waals surface area (Å²) in [6.45, 7) is 6.96. The molecular weight excluding hydrogens is 232 g/mol. The van der Waals surface area contributed by atoms with Crippen LogP contribution in [0.25, 0.3) is 0 Å². The Balaban J connectivity index is 1.96. The van der Waals surface area contributed by atoms with Gasteiger partial charge in [0.15, 0.2) is 0 Å². The first-order valence-electron chi connectivity index (χ1n) is 8.76. The molecule has 2 saturated carbocycles. The van der Waals surface area contributed by atoms with Crippen molar-refractivity contribution in [3.05, 3.63) is 0 Å². The summed E-state index contributed by atoms with van der Waals surface area (Å²) < 4.78 is 0. The summed E-state index contributed by atoms with van der Waals surface area (Å²) in [5, 5.41) is 11.2. The second-order valence-electron chi connectivity index (χ2n) is 7.83. The van der Waals surface area contributed by atoms with E-state index in [1.54, 1.807) is 0 Å². The number of hydrogen-bond donors (Lipinski definition) is 1. The van der Waals surface area contributed by atoms with Crippen molar-refractivity contribution in [1.29, 1.82) is 0 Å². The Morgan fingerprint density at radius 3 is 2.53 bits per heavy atom. The van der Waals surface area contributed by atoms with Gasteiger partial charge in [0.25, 0.3) is 0 Å². The summed E-state index contributed by atoms with van der Waals surface area (Å²) in [5.74, 6) is 3.04. The fourth-order valence-corrected chi connectivity index (χ4v) is 4.79. The lowest BCUT2D eigenvalue weighted by molar-refractivity contribution is -0.0843. The Morgan fingerprint density at radius 1 is 1.11 bits per heavy atom. The van der Waals surface area contributed by atoms with Crippen molar-refractivity contribution in [2.75, 3.05) is 0 Å². The Labute approximate surface area is 120 Å². The average molecular weight is 266 g/mol. The highest BCUT2D eigenvalue weighted by Gasteiger charge is 2.42. The van der Waals surface area contributed by atoms with Crippen LogP contribution in [0.3, 0.4) is 0 Å². The van der Waals surface area contributed by atoms with Crippen molar-refractivity contribution in [1.82, 2.24) is 0 Å². The number of aliphatic hydroxyl groups is 1. The van der Waals surface area contributed by atoms with Gasteiger partial charge in [-0.25, -0.2) is 0 Å². The van der Waals surface area contributed by atoms with Crippen LogP contribution in [-0.4, -0.2) is 10.7 Å². The first-order valence-corrected chi connectivity index (χ1v) is 8.76. The molecular formula is C18H34O. The minimum absolute atomic E-state index is 0.314. The van der Waals surface area contributed by atoms with Gasteiger partial charge in [0, 0.05) is 0 Å². The van der Waals surface area contributed by atoms with Gasteiger partial charge in [-0.2, -0.15) is 0 Å². The molecule has 0 aromatic heterocycles. The fourth-order valence-electron chi connectivity index (χ4n) is 4.79. The SMILES string of the molecule is CCC1CCCC(C2(O)CCCC(CC(C)C)C2)C1. The predicted octanol–water partition coefficient (Wildman–Crippen LogP) is 5.17. The smallest absolute Gasteiger partial charge is 0.0678 e. The standard InChI is InChI=1S/C18H34O/c1-4-15-7-5-9-17(12-15)18(19)10-6-8-16(13-18)11-14(2)3/h14-17,19H,4-13H2,1-3H3. The van der Waals surface area contributed by atoms with E-state index in [0.29, 0.717) is 5.92 Å². The van der Waals surface area contributed by atoms with Crippen LogP contribution in [-0.2, 0) is 0 Å². The lowest BCUT2D eigenvalue weighted by Crippen LogP contribution is -2.44. The Bertz CT molecular complexity index is 273. The van der Waals surface area contributed by atoms with E-state index >= 15 is 0 Å². The molecule has 2 aliphatic rings. The van der Waals surface area contributed by atoms with E-state index in [1.807, 2.05) is 0 Å². The predicted molar refractivity (Wildman–Crippen MR) is 82.1 cm³/mol. The van der Waals surface area contributed by atoms with Crippen LogP contribution in [0, 0.1) is 23.7 Å². The van der Waals surface area contributed by atoms with Crippen molar-refractivity contribution in [3.8, 4) is 0 Å². The highest BCUT2D eigenvalue weighted by Crippen LogP contribution is 2.46. The van der Waals surface area contributed by atoms with E-state index < -0.39 is 0 Å². The Kier molecular flexibility index (Phi) is 5.34. The Hall–Kier alpha value is -0.0400. The van der Waals surface area contributed by atoms with Crippen molar-refractivity contribution in [3.63, 3.8) is 0 Å². The third kappa shape index (κ3) is 3.97. The molecule has 0 aromatic rings. The van der Waals surface area contributed by atoms with Gasteiger partial charge < -0.3 is 5.11 Å². The van der Waals surface area contributed by atoms with Gasteiger partial charge in [-0.15, -0.1) is 0 Å². The van der Waals surface area contributed by atoms with Crippen molar-refractivity contribution >= 4 is 0 Å². The molecule has 1 heteroatoms. The maximum atomic E-state index is 11.2. The Morgan fingerprint density at radius 2 is 1.84 bits per heavy atom. The first-order chi connectivity index (χ1) is 9.03. The highest BCUT2D eigenvalue weighted by atomic mass is 16.3. The lowest BCUT2D eigenvalue weighted by atomic mass is 9.64. The van der Waals surface area contributed by atoms with Gasteiger partial charge in [0.1, 0.15) is 0 Å². The van der Waals surface area contributed by atoms with Crippen molar-refractivity contribution < 1.29 is 5.11 Å². The molecule has 1 N–H and O–H groups in total. The molecule has 0 heterocycles. The summed E-state index contributed by atoms with van der Waals surface area (Å²) in [6, 6.07) is 0. The van der Waals surface area contributed by atoms with Gasteiger partial charge in [-0.1, -0.05) is 52.9 Å². The van der Waals surface area contributed by atoms with Gasteiger partial charge >= 0.3 is 0 Å². The van der Waals surface area contributed by atoms with Crippen LogP contribution in [0.5, 0.6) is 0 Å². The summed E-state index contributed by atoms with van der Waals surface area (Å²) >= 11 is 0. The third-order valence-corrected chi connectivity index (χ3v) is 5.79. The number of hydrogen-bond acceptors (Lipinski definition) is 1. The molecule has 0 aliphatic heterocycles. The zero-order chi connectivity index (χ0) is 13.9. The molecule has 1 nitrogen and oxygen atoms in total. The largest absolute Gasteiger partial charge is 0.390 e. The summed E-state index contributed by atoms with van der Waals surface area (Å²) in [4.78, 5) is 0. The minimum atomic E-state index is -0.314. The van der Waals surface area contributed by atoms with Crippen LogP contribution in [0.1, 0.15) is 85.0 Å². The molecule has 0 spiro atoms. The molecule has 4 unspecified atom stereocenters. The quantitative estimate of drug-likeness (QED) is 0.744. The van der Waals surface area contributed by atoms with Crippen molar-refractivity contribution in [2.45, 2.75) is 90.6 Å². The molecule has 0 bridgehead atoms. The molecule has 0 amide bonds. The normalized spacial score (nSPS) is 40.6. The molecule has 0 aromatic carbocycles. The highest BCUT2D eigenvalue weighted by molar-refractivity contribution is 4.94. The molecule has 19 heavy (non-hydrogen) atoms. The van der Waals surface area contributed by atoms with Gasteiger partial charge in [-0.05, 0) is 55.8 Å². The van der Waals surface area contributed by atoms with E-state index in [9.17, 15) is 5.11 Å². The maximum Gasteiger partial charge on any atom is 0.0678 e. The van der Waals surface area contributed by atoms with Crippen LogP contribution < -0.4 is 0 Å². The second-order valence-corrected chi connectivity index (χ2v) is 7.83. The molecule has 4 atom stereocenters. The van der Waals surface area contributed by atoms with Crippen LogP contribution in [0.4, 0.5) is 0 Å². The molecule has 2 rings (SSSR count). The zero-order valence-corrected chi connectivity index (χ0v) is 13.3. The van der Waals surface area contributed by atoms with Crippen LogP contribution in [0.2, 0.25) is 0 Å². The van der Waals surface area contributed by atoms with E-state index in [-0.39, 0.29) is 5.60 Å². The fraction of sp³-hybridized carbons (Fsp3) is 1.00. The van der Waals surface area contributed by atoms with Gasteiger partial charge in [0.2, 0.25) is 0 Å². The zero-order valence-electron chi connectivity index (χ0n) is 13.3. The second kappa shape index (κ2) is 6.61. The van der Waals surface area contributed by atoms with Crippen LogP contribution in [0.15, 0.2) is 0 Å². The van der Waals surface area contributed by atoms with E-state index in [2.05, 4.69) is 20.8 Å². The topological polar surface area (TPSA) is 20.2 Å². The monoisotopic (exact) mass is 266 g/mol. The van der Waals surface area contributed by atoms with E-state index in [1.165, 1.54) is 51.4 Å². The summed E-state index contributed by atoms with van der Waals surface area (Å²) in [5.41, 5.74) is -0.314. The third-order valence-electron chi connectivity index (χ3n) is 5.79. The molecule has 0 radical (unpaired) electrons. The number of rotatable bonds is 4. The van der Waals surface area contributed by atoms with E-state index in [4.69, 9.17) is 0 Å². The molecule has 2 fully saturated rings. The summed E-state index contributed by atoms with van der Waals surface area (Å²) in [6.07, 6.45) is 12.7. The van der Waals surface area contributed by atoms with Gasteiger partial charge in [0.05, 0.1) is 5.60 Å². The lowest BCUT2D eigenvalue weighted by Gasteiger charge is -2.45. The first kappa shape index (κ1) is 15.4. The summed E-state index contributed by atoms with van der Waals surface area (Å²) in [7, 11) is 0. The van der Waals surface area contributed by atoms with E-state index in [0.717, 1.165) is 30.6 Å². The average Bonchev–Trinajstić information content (AvgIpc) is 2.38. The molecule has 0 saturated heterocycles. The van der Waals surface area contributed by atoms with Crippen LogP contribution >= 0.6 is 0 Å². The van der Waals surface area contributed by atoms with Gasteiger partial charge in [-0.3, -0.25) is 0 Å². The minimum Gasteiger partial charge on any atom is -0.390 e. The maximum absolute atomic E-state index is 11.2. The van der Waals surface area contributed by atoms with Crippen molar-refractivity contribution in [2.24, 2.45) is 23.7 Å². The molecule has 112 valence electrons. The molecule has 2 aliphatic carbocycles.